The number of pyridine rings is 1. The van der Waals surface area contributed by atoms with Crippen LogP contribution in [0.1, 0.15) is 37.0 Å². The SMILES string of the molecule is Cc1c(CCC(C)C)c(Cl)n2c(nc3ccccc32)c1C#N. The fourth-order valence-electron chi connectivity index (χ4n) is 2.86. The zero-order valence-corrected chi connectivity index (χ0v) is 13.8. The van der Waals surface area contributed by atoms with Gasteiger partial charge in [-0.25, -0.2) is 4.98 Å². The maximum absolute atomic E-state index is 9.59. The Balaban J connectivity index is 2.37. The number of nitrogens with zero attached hydrogens (tertiary/aromatic N) is 3. The van der Waals surface area contributed by atoms with Gasteiger partial charge in [0.05, 0.1) is 16.6 Å². The summed E-state index contributed by atoms with van der Waals surface area (Å²) in [4.78, 5) is 4.60. The number of nitriles is 1. The lowest BCUT2D eigenvalue weighted by atomic mass is 9.98. The highest BCUT2D eigenvalue weighted by atomic mass is 35.5. The van der Waals surface area contributed by atoms with Crippen molar-refractivity contribution in [3.63, 3.8) is 0 Å². The number of fused-ring (bicyclic) bond motifs is 3. The van der Waals surface area contributed by atoms with Crippen LogP contribution in [0, 0.1) is 24.2 Å². The van der Waals surface area contributed by atoms with Crippen LogP contribution in [-0.2, 0) is 6.42 Å². The lowest BCUT2D eigenvalue weighted by Gasteiger charge is -2.14. The van der Waals surface area contributed by atoms with E-state index in [2.05, 4.69) is 24.9 Å². The Hall–Kier alpha value is -2.05. The number of imidazole rings is 1. The first-order valence-corrected chi connectivity index (χ1v) is 7.90. The van der Waals surface area contributed by atoms with Crippen LogP contribution in [-0.4, -0.2) is 9.38 Å². The van der Waals surface area contributed by atoms with Crippen LogP contribution in [0.3, 0.4) is 0 Å². The third kappa shape index (κ3) is 2.24. The monoisotopic (exact) mass is 311 g/mol. The van der Waals surface area contributed by atoms with E-state index in [0.717, 1.165) is 35.0 Å². The molecule has 0 N–H and O–H groups in total. The van der Waals surface area contributed by atoms with Crippen molar-refractivity contribution in [2.24, 2.45) is 5.92 Å². The summed E-state index contributed by atoms with van der Waals surface area (Å²) in [6, 6.07) is 10.2. The third-order valence-corrected chi connectivity index (χ3v) is 4.54. The highest BCUT2D eigenvalue weighted by Gasteiger charge is 2.19. The average Bonchev–Trinajstić information content (AvgIpc) is 2.86. The number of hydrogen-bond acceptors (Lipinski definition) is 2. The molecule has 3 nitrogen and oxygen atoms in total. The summed E-state index contributed by atoms with van der Waals surface area (Å²) in [5.41, 5.74) is 5.10. The van der Waals surface area contributed by atoms with Crippen LogP contribution >= 0.6 is 11.6 Å². The molecule has 3 aromatic rings. The van der Waals surface area contributed by atoms with Gasteiger partial charge in [0.25, 0.3) is 0 Å². The Morgan fingerprint density at radius 3 is 2.73 bits per heavy atom. The molecule has 1 aromatic carbocycles. The van der Waals surface area contributed by atoms with Gasteiger partial charge in [-0.1, -0.05) is 37.6 Å². The molecule has 0 saturated carbocycles. The summed E-state index contributed by atoms with van der Waals surface area (Å²) < 4.78 is 1.91. The summed E-state index contributed by atoms with van der Waals surface area (Å²) in [6.45, 7) is 6.36. The summed E-state index contributed by atoms with van der Waals surface area (Å²) in [5, 5.41) is 10.3. The first-order valence-electron chi connectivity index (χ1n) is 7.52. The smallest absolute Gasteiger partial charge is 0.157 e. The molecule has 22 heavy (non-hydrogen) atoms. The van der Waals surface area contributed by atoms with Crippen LogP contribution in [0.15, 0.2) is 24.3 Å². The number of para-hydroxylation sites is 2. The average molecular weight is 312 g/mol. The second-order valence-electron chi connectivity index (χ2n) is 6.07. The molecule has 0 amide bonds. The maximum atomic E-state index is 9.59. The predicted molar refractivity (Wildman–Crippen MR) is 90.3 cm³/mol. The number of hydrogen-bond donors (Lipinski definition) is 0. The quantitative estimate of drug-likeness (QED) is 0.645. The molecule has 0 atom stereocenters. The molecule has 4 heteroatoms. The first kappa shape index (κ1) is 14.9. The molecule has 0 fully saturated rings. The Labute approximate surface area is 135 Å². The molecule has 0 bridgehead atoms. The summed E-state index contributed by atoms with van der Waals surface area (Å²) in [7, 11) is 0. The van der Waals surface area contributed by atoms with Crippen molar-refractivity contribution in [1.82, 2.24) is 9.38 Å². The van der Waals surface area contributed by atoms with Crippen LogP contribution in [0.5, 0.6) is 0 Å². The Kier molecular flexibility index (Phi) is 3.80. The van der Waals surface area contributed by atoms with Crippen molar-refractivity contribution in [3.8, 4) is 6.07 Å². The number of aromatic nitrogens is 2. The van der Waals surface area contributed by atoms with E-state index in [4.69, 9.17) is 11.6 Å². The molecular weight excluding hydrogens is 294 g/mol. The maximum Gasteiger partial charge on any atom is 0.157 e. The number of rotatable bonds is 3. The van der Waals surface area contributed by atoms with E-state index < -0.39 is 0 Å². The molecule has 0 aliphatic rings. The van der Waals surface area contributed by atoms with E-state index in [0.29, 0.717) is 22.3 Å². The molecule has 0 radical (unpaired) electrons. The normalized spacial score (nSPS) is 11.5. The minimum absolute atomic E-state index is 0.594. The molecule has 0 aliphatic heterocycles. The van der Waals surface area contributed by atoms with Crippen LogP contribution in [0.4, 0.5) is 0 Å². The van der Waals surface area contributed by atoms with Gasteiger partial charge < -0.3 is 0 Å². The number of benzene rings is 1. The molecule has 0 aliphatic carbocycles. The third-order valence-electron chi connectivity index (χ3n) is 4.14. The van der Waals surface area contributed by atoms with Gasteiger partial charge in [0, 0.05) is 0 Å². The van der Waals surface area contributed by atoms with Crippen molar-refractivity contribution >= 4 is 28.3 Å². The topological polar surface area (TPSA) is 41.1 Å². The molecule has 2 heterocycles. The van der Waals surface area contributed by atoms with Crippen molar-refractivity contribution in [2.45, 2.75) is 33.6 Å². The second kappa shape index (κ2) is 5.62. The van der Waals surface area contributed by atoms with E-state index >= 15 is 0 Å². The molecule has 0 saturated heterocycles. The highest BCUT2D eigenvalue weighted by molar-refractivity contribution is 6.31. The van der Waals surface area contributed by atoms with Crippen molar-refractivity contribution in [3.05, 3.63) is 46.1 Å². The van der Waals surface area contributed by atoms with Crippen LogP contribution in [0.2, 0.25) is 5.15 Å². The fourth-order valence-corrected chi connectivity index (χ4v) is 3.27. The molecule has 3 rings (SSSR count). The molecule has 0 unspecified atom stereocenters. The zero-order valence-electron chi connectivity index (χ0n) is 13.0. The van der Waals surface area contributed by atoms with E-state index in [1.165, 1.54) is 0 Å². The fraction of sp³-hybridized carbons (Fsp3) is 0.333. The van der Waals surface area contributed by atoms with Gasteiger partial charge in [0.1, 0.15) is 11.2 Å². The Bertz CT molecular complexity index is 900. The summed E-state index contributed by atoms with van der Waals surface area (Å²) in [6.07, 6.45) is 1.92. The minimum Gasteiger partial charge on any atom is -0.281 e. The molecule has 0 spiro atoms. The van der Waals surface area contributed by atoms with Gasteiger partial charge in [-0.3, -0.25) is 4.40 Å². The van der Waals surface area contributed by atoms with Gasteiger partial charge in [0.2, 0.25) is 0 Å². The standard InChI is InChI=1S/C18H18ClN3/c1-11(2)8-9-13-12(3)14(10-20)18-21-15-6-4-5-7-16(15)22(18)17(13)19/h4-7,11H,8-9H2,1-3H3. The van der Waals surface area contributed by atoms with E-state index in [-0.39, 0.29) is 0 Å². The van der Waals surface area contributed by atoms with Crippen molar-refractivity contribution in [1.29, 1.82) is 5.26 Å². The van der Waals surface area contributed by atoms with Gasteiger partial charge in [-0.15, -0.1) is 0 Å². The summed E-state index contributed by atoms with van der Waals surface area (Å²) >= 11 is 6.69. The van der Waals surface area contributed by atoms with E-state index in [9.17, 15) is 5.26 Å². The van der Waals surface area contributed by atoms with Gasteiger partial charge >= 0.3 is 0 Å². The van der Waals surface area contributed by atoms with Gasteiger partial charge in [0.15, 0.2) is 5.65 Å². The molecule has 112 valence electrons. The largest absolute Gasteiger partial charge is 0.281 e. The Morgan fingerprint density at radius 1 is 1.32 bits per heavy atom. The van der Waals surface area contributed by atoms with E-state index in [1.54, 1.807) is 0 Å². The van der Waals surface area contributed by atoms with Crippen LogP contribution < -0.4 is 0 Å². The molecular formula is C18H18ClN3. The second-order valence-corrected chi connectivity index (χ2v) is 6.43. The van der Waals surface area contributed by atoms with Gasteiger partial charge in [-0.2, -0.15) is 5.26 Å². The zero-order chi connectivity index (χ0) is 15.9. The van der Waals surface area contributed by atoms with E-state index in [1.807, 2.05) is 35.6 Å². The Morgan fingerprint density at radius 2 is 2.05 bits per heavy atom. The van der Waals surface area contributed by atoms with Crippen molar-refractivity contribution < 1.29 is 0 Å². The minimum atomic E-state index is 0.594. The lowest BCUT2D eigenvalue weighted by molar-refractivity contribution is 0.585. The summed E-state index contributed by atoms with van der Waals surface area (Å²) in [5.74, 6) is 0.594. The first-order chi connectivity index (χ1) is 10.5. The highest BCUT2D eigenvalue weighted by Crippen LogP contribution is 2.31. The predicted octanol–water partition coefficient (Wildman–Crippen LogP) is 4.91. The van der Waals surface area contributed by atoms with Crippen molar-refractivity contribution in [2.75, 3.05) is 0 Å². The molecule has 2 aromatic heterocycles. The van der Waals surface area contributed by atoms with Gasteiger partial charge in [-0.05, 0) is 48.9 Å². The lowest BCUT2D eigenvalue weighted by Crippen LogP contribution is -2.04. The number of halogens is 1. The van der Waals surface area contributed by atoms with Crippen LogP contribution in [0.25, 0.3) is 16.7 Å².